The Labute approximate surface area is 74.6 Å². The third kappa shape index (κ3) is 6.29. The zero-order valence-corrected chi connectivity index (χ0v) is 8.63. The monoisotopic (exact) mass is 173 g/mol. The zero-order valence-electron chi connectivity index (χ0n) is 7.81. The van der Waals surface area contributed by atoms with E-state index >= 15 is 0 Å². The topological polar surface area (TPSA) is 12.0 Å². The van der Waals surface area contributed by atoms with Crippen LogP contribution in [-0.4, -0.2) is 18.6 Å². The molecular formula is C9H19NS. The molecule has 0 spiro atoms. The Morgan fingerprint density at radius 1 is 1.45 bits per heavy atom. The van der Waals surface area contributed by atoms with Crippen LogP contribution in [0.2, 0.25) is 0 Å². The molecule has 66 valence electrons. The van der Waals surface area contributed by atoms with Crippen molar-refractivity contribution in [1.82, 2.24) is 5.32 Å². The maximum absolute atomic E-state index is 3.41. The first-order chi connectivity index (χ1) is 5.35. The van der Waals surface area contributed by atoms with Gasteiger partial charge in [0.05, 0.1) is 0 Å². The van der Waals surface area contributed by atoms with E-state index in [0.29, 0.717) is 0 Å². The summed E-state index contributed by atoms with van der Waals surface area (Å²) in [5, 5.41) is 3.41. The first kappa shape index (κ1) is 10.9. The molecule has 0 aliphatic rings. The van der Waals surface area contributed by atoms with Gasteiger partial charge in [-0.05, 0) is 19.1 Å². The van der Waals surface area contributed by atoms with Crippen LogP contribution in [0, 0.1) is 0 Å². The van der Waals surface area contributed by atoms with Crippen molar-refractivity contribution in [2.75, 3.05) is 18.6 Å². The first-order valence-corrected chi connectivity index (χ1v) is 5.66. The Morgan fingerprint density at radius 2 is 2.18 bits per heavy atom. The molecule has 0 aliphatic heterocycles. The first-order valence-electron chi connectivity index (χ1n) is 4.27. The van der Waals surface area contributed by atoms with Crippen LogP contribution >= 0.6 is 11.8 Å². The van der Waals surface area contributed by atoms with E-state index in [0.717, 1.165) is 19.4 Å². The molecule has 0 aromatic rings. The molecule has 0 saturated heterocycles. The number of rotatable bonds is 6. The second kappa shape index (κ2) is 7.99. The summed E-state index contributed by atoms with van der Waals surface area (Å²) >= 11 is 1.88. The SMILES string of the molecule is CC/C=C(/CC)NCCSC. The summed E-state index contributed by atoms with van der Waals surface area (Å²) in [6, 6.07) is 0. The average molecular weight is 173 g/mol. The molecule has 1 nitrogen and oxygen atoms in total. The lowest BCUT2D eigenvalue weighted by Gasteiger charge is -2.07. The Balaban J connectivity index is 3.44. The standard InChI is InChI=1S/C9H19NS/c1-4-6-9(5-2)10-7-8-11-3/h6,10H,4-5,7-8H2,1-3H3/b9-6-. The van der Waals surface area contributed by atoms with Crippen LogP contribution < -0.4 is 5.32 Å². The van der Waals surface area contributed by atoms with Crippen molar-refractivity contribution in [3.63, 3.8) is 0 Å². The predicted molar refractivity (Wildman–Crippen MR) is 55.0 cm³/mol. The Bertz CT molecular complexity index is 110. The van der Waals surface area contributed by atoms with Crippen LogP contribution in [0.15, 0.2) is 11.8 Å². The molecule has 0 heterocycles. The highest BCUT2D eigenvalue weighted by molar-refractivity contribution is 7.98. The van der Waals surface area contributed by atoms with E-state index in [1.165, 1.54) is 11.4 Å². The van der Waals surface area contributed by atoms with E-state index in [4.69, 9.17) is 0 Å². The van der Waals surface area contributed by atoms with Gasteiger partial charge < -0.3 is 5.32 Å². The summed E-state index contributed by atoms with van der Waals surface area (Å²) in [5.41, 5.74) is 1.39. The van der Waals surface area contributed by atoms with Crippen molar-refractivity contribution in [2.24, 2.45) is 0 Å². The van der Waals surface area contributed by atoms with E-state index in [1.807, 2.05) is 11.8 Å². The number of hydrogen-bond acceptors (Lipinski definition) is 2. The van der Waals surface area contributed by atoms with Gasteiger partial charge in [-0.1, -0.05) is 19.9 Å². The second-order valence-electron chi connectivity index (χ2n) is 2.41. The lowest BCUT2D eigenvalue weighted by Crippen LogP contribution is -2.15. The summed E-state index contributed by atoms with van der Waals surface area (Å²) < 4.78 is 0. The van der Waals surface area contributed by atoms with Crippen LogP contribution in [0.4, 0.5) is 0 Å². The summed E-state index contributed by atoms with van der Waals surface area (Å²) in [6.07, 6.45) is 6.66. The highest BCUT2D eigenvalue weighted by Gasteiger charge is 1.89. The van der Waals surface area contributed by atoms with Crippen LogP contribution in [0.5, 0.6) is 0 Å². The fraction of sp³-hybridized carbons (Fsp3) is 0.778. The minimum atomic E-state index is 1.10. The van der Waals surface area contributed by atoms with Crippen LogP contribution in [-0.2, 0) is 0 Å². The van der Waals surface area contributed by atoms with Gasteiger partial charge in [-0.3, -0.25) is 0 Å². The summed E-state index contributed by atoms with van der Waals surface area (Å²) in [4.78, 5) is 0. The van der Waals surface area contributed by atoms with Gasteiger partial charge in [-0.15, -0.1) is 0 Å². The van der Waals surface area contributed by atoms with E-state index < -0.39 is 0 Å². The van der Waals surface area contributed by atoms with Gasteiger partial charge in [0.25, 0.3) is 0 Å². The van der Waals surface area contributed by atoms with Gasteiger partial charge in [0.1, 0.15) is 0 Å². The molecule has 0 atom stereocenters. The third-order valence-electron chi connectivity index (χ3n) is 1.49. The lowest BCUT2D eigenvalue weighted by molar-refractivity contribution is 0.804. The molecule has 0 bridgehead atoms. The normalized spacial score (nSPS) is 11.7. The number of thioether (sulfide) groups is 1. The van der Waals surface area contributed by atoms with Gasteiger partial charge >= 0.3 is 0 Å². The van der Waals surface area contributed by atoms with Gasteiger partial charge in [0.2, 0.25) is 0 Å². The van der Waals surface area contributed by atoms with Crippen LogP contribution in [0.25, 0.3) is 0 Å². The molecule has 0 amide bonds. The fourth-order valence-corrected chi connectivity index (χ4v) is 1.21. The van der Waals surface area contributed by atoms with Gasteiger partial charge in [-0.25, -0.2) is 0 Å². The quantitative estimate of drug-likeness (QED) is 0.620. The van der Waals surface area contributed by atoms with Gasteiger partial charge in [0.15, 0.2) is 0 Å². The predicted octanol–water partition coefficient (Wildman–Crippen LogP) is 2.64. The maximum Gasteiger partial charge on any atom is 0.0234 e. The summed E-state index contributed by atoms with van der Waals surface area (Å²) in [6.45, 7) is 5.46. The third-order valence-corrected chi connectivity index (χ3v) is 2.10. The Kier molecular flexibility index (Phi) is 7.91. The van der Waals surface area contributed by atoms with Crippen molar-refractivity contribution in [3.05, 3.63) is 11.8 Å². The molecule has 0 radical (unpaired) electrons. The van der Waals surface area contributed by atoms with Crippen molar-refractivity contribution >= 4 is 11.8 Å². The molecule has 1 N–H and O–H groups in total. The molecule has 0 unspecified atom stereocenters. The molecule has 0 rings (SSSR count). The van der Waals surface area contributed by atoms with Crippen molar-refractivity contribution < 1.29 is 0 Å². The average Bonchev–Trinajstić information content (AvgIpc) is 2.03. The molecule has 11 heavy (non-hydrogen) atoms. The Hall–Kier alpha value is -0.110. The fourth-order valence-electron chi connectivity index (χ4n) is 0.902. The maximum atomic E-state index is 3.41. The number of hydrogen-bond donors (Lipinski definition) is 1. The lowest BCUT2D eigenvalue weighted by atomic mass is 10.3. The molecule has 2 heteroatoms. The molecule has 0 saturated carbocycles. The van der Waals surface area contributed by atoms with Gasteiger partial charge in [-0.2, -0.15) is 11.8 Å². The van der Waals surface area contributed by atoms with Gasteiger partial charge in [0, 0.05) is 18.0 Å². The molecular weight excluding hydrogens is 154 g/mol. The summed E-state index contributed by atoms with van der Waals surface area (Å²) in [5.74, 6) is 1.20. The molecule has 0 aromatic heterocycles. The van der Waals surface area contributed by atoms with E-state index in [2.05, 4.69) is 31.5 Å². The molecule has 0 fully saturated rings. The second-order valence-corrected chi connectivity index (χ2v) is 3.40. The summed E-state index contributed by atoms with van der Waals surface area (Å²) in [7, 11) is 0. The highest BCUT2D eigenvalue weighted by atomic mass is 32.2. The highest BCUT2D eigenvalue weighted by Crippen LogP contribution is 1.98. The van der Waals surface area contributed by atoms with Crippen molar-refractivity contribution in [1.29, 1.82) is 0 Å². The Morgan fingerprint density at radius 3 is 2.64 bits per heavy atom. The molecule has 0 aromatic carbocycles. The number of nitrogens with one attached hydrogen (secondary N) is 1. The minimum absolute atomic E-state index is 1.10. The van der Waals surface area contributed by atoms with Crippen molar-refractivity contribution in [2.45, 2.75) is 26.7 Å². The van der Waals surface area contributed by atoms with E-state index in [-0.39, 0.29) is 0 Å². The minimum Gasteiger partial charge on any atom is -0.388 e. The largest absolute Gasteiger partial charge is 0.388 e. The molecule has 0 aliphatic carbocycles. The van der Waals surface area contributed by atoms with E-state index in [1.54, 1.807) is 0 Å². The number of allylic oxidation sites excluding steroid dienone is 2. The van der Waals surface area contributed by atoms with Crippen LogP contribution in [0.3, 0.4) is 0 Å². The van der Waals surface area contributed by atoms with Crippen LogP contribution in [0.1, 0.15) is 26.7 Å². The van der Waals surface area contributed by atoms with E-state index in [9.17, 15) is 0 Å². The van der Waals surface area contributed by atoms with Crippen molar-refractivity contribution in [3.8, 4) is 0 Å². The smallest absolute Gasteiger partial charge is 0.0234 e. The zero-order chi connectivity index (χ0) is 8.53.